The maximum Gasteiger partial charge on any atom is 0.325 e. The largest absolute Gasteiger partial charge is 0.331 e. The topological polar surface area (TPSA) is 104 Å². The van der Waals surface area contributed by atoms with Crippen molar-refractivity contribution < 1.29 is 4.79 Å². The molecule has 0 saturated heterocycles. The number of aryl methyl sites for hydroxylation is 2. The number of nitrogens with one attached hydrogen (secondary N) is 2. The van der Waals surface area contributed by atoms with E-state index in [0.717, 1.165) is 29.8 Å². The van der Waals surface area contributed by atoms with Crippen LogP contribution in [0.4, 0.5) is 0 Å². The van der Waals surface area contributed by atoms with Crippen molar-refractivity contribution in [2.45, 2.75) is 39.3 Å². The van der Waals surface area contributed by atoms with Gasteiger partial charge in [0.05, 0.1) is 5.69 Å². The van der Waals surface area contributed by atoms with Crippen molar-refractivity contribution in [3.05, 3.63) is 49.5 Å². The summed E-state index contributed by atoms with van der Waals surface area (Å²) in [5, 5.41) is 4.37. The van der Waals surface area contributed by atoms with Gasteiger partial charge in [-0.3, -0.25) is 19.3 Å². The molecule has 122 valence electrons. The highest BCUT2D eigenvalue weighted by molar-refractivity contribution is 5.93. The van der Waals surface area contributed by atoms with Crippen LogP contribution in [0.2, 0.25) is 0 Å². The average Bonchev–Trinajstić information content (AvgIpc) is 3.27. The Kier molecular flexibility index (Phi) is 3.67. The summed E-state index contributed by atoms with van der Waals surface area (Å²) < 4.78 is 1.78. The lowest BCUT2D eigenvalue weighted by Gasteiger charge is -2.22. The second kappa shape index (κ2) is 5.53. The number of hydrogen-bond donors (Lipinski definition) is 2. The minimum atomic E-state index is -0.663. The molecule has 1 amide bonds. The molecule has 0 bridgehead atoms. The normalized spacial score (nSPS) is 14.0. The van der Waals surface area contributed by atoms with Gasteiger partial charge in [0.1, 0.15) is 5.56 Å². The Morgan fingerprint density at radius 2 is 2.09 bits per heavy atom. The van der Waals surface area contributed by atoms with E-state index >= 15 is 0 Å². The minimum absolute atomic E-state index is 0.0457. The molecule has 0 unspecified atom stereocenters. The van der Waals surface area contributed by atoms with Crippen LogP contribution in [0.25, 0.3) is 0 Å². The summed E-state index contributed by atoms with van der Waals surface area (Å²) >= 11 is 0. The number of carbonyl (C=O) groups is 1. The van der Waals surface area contributed by atoms with E-state index < -0.39 is 11.2 Å². The van der Waals surface area contributed by atoms with Gasteiger partial charge in [-0.2, -0.15) is 5.10 Å². The first-order valence-corrected chi connectivity index (χ1v) is 7.50. The first kappa shape index (κ1) is 15.3. The van der Waals surface area contributed by atoms with E-state index in [0.29, 0.717) is 6.54 Å². The van der Waals surface area contributed by atoms with E-state index in [1.165, 1.54) is 6.20 Å². The molecule has 1 aliphatic carbocycles. The van der Waals surface area contributed by atoms with E-state index in [9.17, 15) is 14.4 Å². The van der Waals surface area contributed by atoms with E-state index in [-0.39, 0.29) is 17.5 Å². The summed E-state index contributed by atoms with van der Waals surface area (Å²) in [7, 11) is 1.86. The van der Waals surface area contributed by atoms with E-state index in [2.05, 4.69) is 15.1 Å². The number of H-pyrrole nitrogens is 2. The molecule has 2 aromatic heterocycles. The van der Waals surface area contributed by atoms with Crippen LogP contribution >= 0.6 is 0 Å². The standard InChI is InChI=1S/C15H19N5O3/c1-8-12(9(2)19(3)18-8)7-20(10-4-5-10)14(22)11-6-16-15(23)17-13(11)21/h6,10H,4-5,7H2,1-3H3,(H2,16,17,21,23). The molecule has 2 heterocycles. The molecular formula is C15H19N5O3. The quantitative estimate of drug-likeness (QED) is 0.841. The second-order valence-electron chi connectivity index (χ2n) is 5.92. The molecule has 0 spiro atoms. The Labute approximate surface area is 132 Å². The number of nitrogens with zero attached hydrogens (tertiary/aromatic N) is 3. The highest BCUT2D eigenvalue weighted by Crippen LogP contribution is 2.30. The molecule has 3 rings (SSSR count). The number of amides is 1. The van der Waals surface area contributed by atoms with Gasteiger partial charge in [-0.05, 0) is 26.7 Å². The maximum absolute atomic E-state index is 12.7. The zero-order valence-corrected chi connectivity index (χ0v) is 13.3. The summed E-state index contributed by atoms with van der Waals surface area (Å²) in [6.07, 6.45) is 3.03. The van der Waals surface area contributed by atoms with Crippen molar-refractivity contribution in [1.29, 1.82) is 0 Å². The predicted octanol–water partition coefficient (Wildman–Crippen LogP) is 0.218. The molecule has 1 fully saturated rings. The molecule has 2 aromatic rings. The summed E-state index contributed by atoms with van der Waals surface area (Å²) in [5.41, 5.74) is 1.53. The highest BCUT2D eigenvalue weighted by atomic mass is 16.2. The van der Waals surface area contributed by atoms with Crippen LogP contribution in [-0.2, 0) is 13.6 Å². The molecule has 8 nitrogen and oxygen atoms in total. The molecule has 0 aromatic carbocycles. The first-order chi connectivity index (χ1) is 10.9. The highest BCUT2D eigenvalue weighted by Gasteiger charge is 2.35. The number of aromatic nitrogens is 4. The zero-order chi connectivity index (χ0) is 16.7. The van der Waals surface area contributed by atoms with Crippen molar-refractivity contribution in [1.82, 2.24) is 24.6 Å². The fraction of sp³-hybridized carbons (Fsp3) is 0.467. The second-order valence-corrected chi connectivity index (χ2v) is 5.92. The van der Waals surface area contributed by atoms with Gasteiger partial charge in [0.2, 0.25) is 0 Å². The van der Waals surface area contributed by atoms with E-state index in [4.69, 9.17) is 0 Å². The van der Waals surface area contributed by atoms with Crippen LogP contribution in [0.3, 0.4) is 0 Å². The minimum Gasteiger partial charge on any atom is -0.331 e. The Hall–Kier alpha value is -2.64. The summed E-state index contributed by atoms with van der Waals surface area (Å²) in [6.45, 7) is 4.27. The van der Waals surface area contributed by atoms with Gasteiger partial charge in [0.25, 0.3) is 11.5 Å². The molecular weight excluding hydrogens is 298 g/mol. The Morgan fingerprint density at radius 1 is 1.39 bits per heavy atom. The van der Waals surface area contributed by atoms with E-state index in [1.807, 2.05) is 20.9 Å². The average molecular weight is 317 g/mol. The van der Waals surface area contributed by atoms with Gasteiger partial charge < -0.3 is 9.88 Å². The summed E-state index contributed by atoms with van der Waals surface area (Å²) in [5.74, 6) is -0.368. The molecule has 0 radical (unpaired) electrons. The van der Waals surface area contributed by atoms with Gasteiger partial charge in [-0.1, -0.05) is 0 Å². The number of hydrogen-bond acceptors (Lipinski definition) is 4. The third-order valence-electron chi connectivity index (χ3n) is 4.29. The number of rotatable bonds is 4. The molecule has 0 aliphatic heterocycles. The van der Waals surface area contributed by atoms with Crippen LogP contribution in [0, 0.1) is 13.8 Å². The lowest BCUT2D eigenvalue weighted by Crippen LogP contribution is -2.38. The third kappa shape index (κ3) is 2.84. The van der Waals surface area contributed by atoms with Gasteiger partial charge in [-0.15, -0.1) is 0 Å². The fourth-order valence-electron chi connectivity index (χ4n) is 2.69. The van der Waals surface area contributed by atoms with Gasteiger partial charge in [0.15, 0.2) is 0 Å². The smallest absolute Gasteiger partial charge is 0.325 e. The fourth-order valence-corrected chi connectivity index (χ4v) is 2.69. The van der Waals surface area contributed by atoms with Crippen LogP contribution in [-0.4, -0.2) is 36.6 Å². The van der Waals surface area contributed by atoms with Crippen molar-refractivity contribution in [3.8, 4) is 0 Å². The van der Waals surface area contributed by atoms with Crippen LogP contribution < -0.4 is 11.2 Å². The summed E-state index contributed by atoms with van der Waals surface area (Å²) in [6, 6.07) is 0.132. The van der Waals surface area contributed by atoms with Gasteiger partial charge in [0, 0.05) is 37.1 Å². The Morgan fingerprint density at radius 3 is 2.61 bits per heavy atom. The zero-order valence-electron chi connectivity index (χ0n) is 13.3. The monoisotopic (exact) mass is 317 g/mol. The first-order valence-electron chi connectivity index (χ1n) is 7.50. The third-order valence-corrected chi connectivity index (χ3v) is 4.29. The SMILES string of the molecule is Cc1nn(C)c(C)c1CN(C(=O)c1c[nH]c(=O)[nH]c1=O)C1CC1. The predicted molar refractivity (Wildman–Crippen MR) is 83.3 cm³/mol. The summed E-state index contributed by atoms with van der Waals surface area (Å²) in [4.78, 5) is 41.9. The Bertz CT molecular complexity index is 872. The van der Waals surface area contributed by atoms with Gasteiger partial charge in [-0.25, -0.2) is 4.79 Å². The molecule has 8 heteroatoms. The molecule has 1 saturated carbocycles. The molecule has 23 heavy (non-hydrogen) atoms. The van der Waals surface area contributed by atoms with Gasteiger partial charge >= 0.3 is 5.69 Å². The van der Waals surface area contributed by atoms with Crippen LogP contribution in [0.5, 0.6) is 0 Å². The van der Waals surface area contributed by atoms with Crippen molar-refractivity contribution in [2.75, 3.05) is 0 Å². The number of carbonyl (C=O) groups excluding carboxylic acids is 1. The van der Waals surface area contributed by atoms with Crippen molar-refractivity contribution in [2.24, 2.45) is 7.05 Å². The lowest BCUT2D eigenvalue weighted by molar-refractivity contribution is 0.0727. The van der Waals surface area contributed by atoms with Crippen LogP contribution in [0.1, 0.15) is 40.2 Å². The number of aromatic amines is 2. The Balaban J connectivity index is 1.94. The molecule has 0 atom stereocenters. The molecule has 2 N–H and O–H groups in total. The van der Waals surface area contributed by atoms with Crippen molar-refractivity contribution in [3.63, 3.8) is 0 Å². The lowest BCUT2D eigenvalue weighted by atomic mass is 10.1. The maximum atomic E-state index is 12.7. The van der Waals surface area contributed by atoms with E-state index in [1.54, 1.807) is 9.58 Å². The molecule has 1 aliphatic rings. The van der Waals surface area contributed by atoms with Crippen molar-refractivity contribution >= 4 is 5.91 Å². The van der Waals surface area contributed by atoms with Crippen LogP contribution in [0.15, 0.2) is 15.8 Å².